The number of nitrogens with two attached hydrogens (primary N) is 1. The number of hydrogen-bond donors (Lipinski definition) is 1. The van der Waals surface area contributed by atoms with E-state index in [0.29, 0.717) is 5.56 Å². The molecule has 0 radical (unpaired) electrons. The van der Waals surface area contributed by atoms with Crippen molar-refractivity contribution in [1.82, 2.24) is 0 Å². The minimum absolute atomic E-state index is 0.130. The lowest BCUT2D eigenvalue weighted by atomic mass is 10.1. The second-order valence-electron chi connectivity index (χ2n) is 3.51. The summed E-state index contributed by atoms with van der Waals surface area (Å²) in [6, 6.07) is 6.13. The molecule has 1 atom stereocenters. The molecule has 0 heterocycles. The van der Waals surface area contributed by atoms with Gasteiger partial charge in [-0.05, 0) is 17.7 Å². The number of carbonyl (C=O) groups is 1. The van der Waals surface area contributed by atoms with E-state index in [1.165, 1.54) is 12.1 Å². The molecular weight excluding hydrogens is 188 g/mol. The molecule has 1 aliphatic carbocycles. The van der Waals surface area contributed by atoms with E-state index < -0.39 is 17.7 Å². The number of carbonyl (C=O) groups excluding carboxylic acids is 1. The van der Waals surface area contributed by atoms with Crippen molar-refractivity contribution in [1.29, 1.82) is 0 Å². The van der Waals surface area contributed by atoms with Gasteiger partial charge in [0, 0.05) is 12.0 Å². The summed E-state index contributed by atoms with van der Waals surface area (Å²) in [5.41, 5.74) is 5.82. The van der Waals surface area contributed by atoms with Crippen LogP contribution >= 0.6 is 0 Å². The molecular formula is C10H9F2NO. The molecule has 1 aliphatic rings. The first kappa shape index (κ1) is 9.12. The topological polar surface area (TPSA) is 43.1 Å². The van der Waals surface area contributed by atoms with E-state index in [-0.39, 0.29) is 12.0 Å². The Morgan fingerprint density at radius 2 is 2.14 bits per heavy atom. The summed E-state index contributed by atoms with van der Waals surface area (Å²) >= 11 is 0. The number of hydrogen-bond acceptors (Lipinski definition) is 1. The predicted octanol–water partition coefficient (Wildman–Crippen LogP) is 1.91. The lowest BCUT2D eigenvalue weighted by molar-refractivity contribution is 0.0998. The second kappa shape index (κ2) is 2.77. The lowest BCUT2D eigenvalue weighted by Gasteiger charge is -2.01. The highest BCUT2D eigenvalue weighted by Gasteiger charge is 2.57. The van der Waals surface area contributed by atoms with Crippen LogP contribution in [0, 0.1) is 0 Å². The SMILES string of the molecule is NC(=O)c1cccc(C2CC2(F)F)c1. The molecule has 2 nitrogen and oxygen atoms in total. The third-order valence-electron chi connectivity index (χ3n) is 2.40. The van der Waals surface area contributed by atoms with Crippen LogP contribution in [-0.4, -0.2) is 11.8 Å². The van der Waals surface area contributed by atoms with Crippen molar-refractivity contribution in [2.24, 2.45) is 5.73 Å². The molecule has 4 heteroatoms. The van der Waals surface area contributed by atoms with E-state index >= 15 is 0 Å². The molecule has 2 rings (SSSR count). The Kier molecular flexibility index (Phi) is 1.80. The van der Waals surface area contributed by atoms with Crippen LogP contribution in [0.25, 0.3) is 0 Å². The highest BCUT2D eigenvalue weighted by Crippen LogP contribution is 2.55. The van der Waals surface area contributed by atoms with Crippen LogP contribution in [-0.2, 0) is 0 Å². The molecule has 74 valence electrons. The van der Waals surface area contributed by atoms with Crippen molar-refractivity contribution in [2.45, 2.75) is 18.3 Å². The van der Waals surface area contributed by atoms with Crippen LogP contribution in [0.4, 0.5) is 8.78 Å². The van der Waals surface area contributed by atoms with Crippen LogP contribution in [0.2, 0.25) is 0 Å². The van der Waals surface area contributed by atoms with E-state index in [1.54, 1.807) is 12.1 Å². The highest BCUT2D eigenvalue weighted by molar-refractivity contribution is 5.92. The van der Waals surface area contributed by atoms with Crippen molar-refractivity contribution in [2.75, 3.05) is 0 Å². The summed E-state index contributed by atoms with van der Waals surface area (Å²) in [4.78, 5) is 10.8. The van der Waals surface area contributed by atoms with E-state index in [0.717, 1.165) is 0 Å². The van der Waals surface area contributed by atoms with Crippen LogP contribution in [0.1, 0.15) is 28.3 Å². The molecule has 14 heavy (non-hydrogen) atoms. The first-order chi connectivity index (χ1) is 6.50. The van der Waals surface area contributed by atoms with Crippen LogP contribution in [0.3, 0.4) is 0 Å². The van der Waals surface area contributed by atoms with E-state index in [9.17, 15) is 13.6 Å². The van der Waals surface area contributed by atoms with Crippen LogP contribution in [0.5, 0.6) is 0 Å². The summed E-state index contributed by atoms with van der Waals surface area (Å²) in [6.07, 6.45) is -0.130. The summed E-state index contributed by atoms with van der Waals surface area (Å²) < 4.78 is 25.4. The summed E-state index contributed by atoms with van der Waals surface area (Å²) in [5, 5.41) is 0. The molecule has 1 amide bonds. The lowest BCUT2D eigenvalue weighted by Crippen LogP contribution is -2.11. The Morgan fingerprint density at radius 3 is 2.64 bits per heavy atom. The quantitative estimate of drug-likeness (QED) is 0.773. The van der Waals surface area contributed by atoms with Gasteiger partial charge in [-0.1, -0.05) is 12.1 Å². The molecule has 0 saturated heterocycles. The van der Waals surface area contributed by atoms with E-state index in [2.05, 4.69) is 0 Å². The first-order valence-electron chi connectivity index (χ1n) is 4.28. The largest absolute Gasteiger partial charge is 0.366 e. The Balaban J connectivity index is 2.28. The minimum atomic E-state index is -2.60. The number of alkyl halides is 2. The van der Waals surface area contributed by atoms with Crippen molar-refractivity contribution >= 4 is 5.91 Å². The number of primary amides is 1. The number of halogens is 2. The predicted molar refractivity (Wildman–Crippen MR) is 47.3 cm³/mol. The minimum Gasteiger partial charge on any atom is -0.366 e. The van der Waals surface area contributed by atoms with E-state index in [1.807, 2.05) is 0 Å². The number of amides is 1. The molecule has 2 N–H and O–H groups in total. The fraction of sp³-hybridized carbons (Fsp3) is 0.300. The smallest absolute Gasteiger partial charge is 0.255 e. The number of rotatable bonds is 2. The fourth-order valence-corrected chi connectivity index (χ4v) is 1.48. The number of benzene rings is 1. The molecule has 1 aromatic rings. The molecule has 1 aromatic carbocycles. The standard InChI is InChI=1S/C10H9F2NO/c11-10(12)5-8(10)6-2-1-3-7(4-6)9(13)14/h1-4,8H,5H2,(H2,13,14). The summed E-state index contributed by atoms with van der Waals surface area (Å²) in [7, 11) is 0. The molecule has 0 spiro atoms. The zero-order chi connectivity index (χ0) is 10.3. The fourth-order valence-electron chi connectivity index (χ4n) is 1.48. The van der Waals surface area contributed by atoms with Crippen LogP contribution < -0.4 is 5.73 Å². The zero-order valence-electron chi connectivity index (χ0n) is 7.34. The van der Waals surface area contributed by atoms with E-state index in [4.69, 9.17) is 5.73 Å². The monoisotopic (exact) mass is 197 g/mol. The van der Waals surface area contributed by atoms with Gasteiger partial charge in [-0.15, -0.1) is 0 Å². The average Bonchev–Trinajstić information content (AvgIpc) is 2.75. The average molecular weight is 197 g/mol. The van der Waals surface area contributed by atoms with Gasteiger partial charge in [-0.2, -0.15) is 0 Å². The molecule has 1 saturated carbocycles. The molecule has 0 aromatic heterocycles. The molecule has 1 fully saturated rings. The zero-order valence-corrected chi connectivity index (χ0v) is 7.34. The molecule has 0 bridgehead atoms. The summed E-state index contributed by atoms with van der Waals surface area (Å²) in [5.74, 6) is -3.92. The van der Waals surface area contributed by atoms with Gasteiger partial charge in [0.15, 0.2) is 0 Å². The maximum atomic E-state index is 12.7. The molecule has 1 unspecified atom stereocenters. The Morgan fingerprint density at radius 1 is 1.50 bits per heavy atom. The van der Waals surface area contributed by atoms with Gasteiger partial charge >= 0.3 is 0 Å². The van der Waals surface area contributed by atoms with Gasteiger partial charge in [0.1, 0.15) is 0 Å². The van der Waals surface area contributed by atoms with Gasteiger partial charge in [0.2, 0.25) is 5.91 Å². The van der Waals surface area contributed by atoms with Crippen LogP contribution in [0.15, 0.2) is 24.3 Å². The highest BCUT2D eigenvalue weighted by atomic mass is 19.3. The third-order valence-corrected chi connectivity index (χ3v) is 2.40. The van der Waals surface area contributed by atoms with Gasteiger partial charge in [-0.3, -0.25) is 4.79 Å². The third kappa shape index (κ3) is 1.47. The van der Waals surface area contributed by atoms with Crippen molar-refractivity contribution < 1.29 is 13.6 Å². The normalized spacial score (nSPS) is 23.1. The summed E-state index contributed by atoms with van der Waals surface area (Å²) in [6.45, 7) is 0. The first-order valence-corrected chi connectivity index (χ1v) is 4.28. The molecule has 0 aliphatic heterocycles. The van der Waals surface area contributed by atoms with Crippen molar-refractivity contribution in [3.8, 4) is 0 Å². The second-order valence-corrected chi connectivity index (χ2v) is 3.51. The van der Waals surface area contributed by atoms with Gasteiger partial charge in [0.05, 0.1) is 5.92 Å². The Hall–Kier alpha value is -1.45. The maximum Gasteiger partial charge on any atom is 0.255 e. The maximum absolute atomic E-state index is 12.7. The van der Waals surface area contributed by atoms with Gasteiger partial charge < -0.3 is 5.73 Å². The van der Waals surface area contributed by atoms with Crippen molar-refractivity contribution in [3.05, 3.63) is 35.4 Å². The van der Waals surface area contributed by atoms with Gasteiger partial charge in [-0.25, -0.2) is 8.78 Å². The Labute approximate surface area is 79.7 Å². The Bertz CT molecular complexity index is 389. The van der Waals surface area contributed by atoms with Gasteiger partial charge in [0.25, 0.3) is 5.92 Å². The van der Waals surface area contributed by atoms with Crippen molar-refractivity contribution in [3.63, 3.8) is 0 Å².